The van der Waals surface area contributed by atoms with Crippen LogP contribution in [0.4, 0.5) is 0 Å². The Labute approximate surface area is 114 Å². The molecular formula is C16H23N3. The minimum absolute atomic E-state index is 0.597. The van der Waals surface area contributed by atoms with E-state index in [0.29, 0.717) is 12.5 Å². The van der Waals surface area contributed by atoms with Gasteiger partial charge in [0.15, 0.2) is 0 Å². The van der Waals surface area contributed by atoms with Crippen molar-refractivity contribution in [2.75, 3.05) is 0 Å². The van der Waals surface area contributed by atoms with Crippen LogP contribution >= 0.6 is 0 Å². The van der Waals surface area contributed by atoms with Crippen molar-refractivity contribution in [2.45, 2.75) is 51.0 Å². The number of fused-ring (bicyclic) bond motifs is 1. The molecule has 0 spiro atoms. The Hall–Kier alpha value is -1.35. The summed E-state index contributed by atoms with van der Waals surface area (Å²) in [4.78, 5) is 4.88. The Morgan fingerprint density at radius 1 is 1.21 bits per heavy atom. The lowest BCUT2D eigenvalue weighted by molar-refractivity contribution is 0.546. The molecule has 0 saturated heterocycles. The standard InChI is InChI=1S/C16H23N3/c1-19-15-10-12(11-17)8-9-14(15)18-16(19)13-6-4-2-3-5-7-13/h8-10,13H,2-7,11,17H2,1H3. The van der Waals surface area contributed by atoms with E-state index in [1.54, 1.807) is 0 Å². The molecule has 1 aliphatic carbocycles. The topological polar surface area (TPSA) is 43.8 Å². The molecule has 1 aliphatic rings. The molecule has 1 fully saturated rings. The number of benzene rings is 1. The minimum Gasteiger partial charge on any atom is -0.331 e. The third-order valence-corrected chi connectivity index (χ3v) is 4.44. The maximum absolute atomic E-state index is 5.73. The highest BCUT2D eigenvalue weighted by molar-refractivity contribution is 5.77. The van der Waals surface area contributed by atoms with E-state index < -0.39 is 0 Å². The van der Waals surface area contributed by atoms with Gasteiger partial charge in [-0.2, -0.15) is 0 Å². The third-order valence-electron chi connectivity index (χ3n) is 4.44. The Morgan fingerprint density at radius 3 is 2.63 bits per heavy atom. The molecule has 2 N–H and O–H groups in total. The molecule has 19 heavy (non-hydrogen) atoms. The molecule has 0 aliphatic heterocycles. The van der Waals surface area contributed by atoms with Gasteiger partial charge in [-0.05, 0) is 30.5 Å². The molecule has 0 bridgehead atoms. The van der Waals surface area contributed by atoms with Crippen LogP contribution in [0.5, 0.6) is 0 Å². The van der Waals surface area contributed by atoms with Crippen LogP contribution in [-0.2, 0) is 13.6 Å². The van der Waals surface area contributed by atoms with Crippen molar-refractivity contribution in [3.05, 3.63) is 29.6 Å². The summed E-state index contributed by atoms with van der Waals surface area (Å²) < 4.78 is 2.28. The van der Waals surface area contributed by atoms with Crippen LogP contribution in [0.2, 0.25) is 0 Å². The van der Waals surface area contributed by atoms with Gasteiger partial charge < -0.3 is 10.3 Å². The van der Waals surface area contributed by atoms with Crippen LogP contribution in [0.1, 0.15) is 55.8 Å². The molecule has 2 aromatic rings. The third kappa shape index (κ3) is 2.39. The summed E-state index contributed by atoms with van der Waals surface area (Å²) in [6.45, 7) is 0.597. The summed E-state index contributed by atoms with van der Waals surface area (Å²) in [5.41, 5.74) is 9.25. The maximum Gasteiger partial charge on any atom is 0.112 e. The summed E-state index contributed by atoms with van der Waals surface area (Å²) in [6.07, 6.45) is 8.06. The van der Waals surface area contributed by atoms with Gasteiger partial charge in [-0.1, -0.05) is 31.7 Å². The first-order valence-electron chi connectivity index (χ1n) is 7.45. The second kappa shape index (κ2) is 5.33. The van der Waals surface area contributed by atoms with Crippen molar-refractivity contribution in [1.29, 1.82) is 0 Å². The molecule has 3 rings (SSSR count). The van der Waals surface area contributed by atoms with E-state index in [0.717, 1.165) is 5.52 Å². The first-order chi connectivity index (χ1) is 9.29. The van der Waals surface area contributed by atoms with Gasteiger partial charge in [0.1, 0.15) is 5.82 Å². The zero-order valence-electron chi connectivity index (χ0n) is 11.7. The Kier molecular flexibility index (Phi) is 3.56. The lowest BCUT2D eigenvalue weighted by atomic mass is 10.00. The maximum atomic E-state index is 5.73. The van der Waals surface area contributed by atoms with Gasteiger partial charge in [0, 0.05) is 19.5 Å². The summed E-state index contributed by atoms with van der Waals surface area (Å²) in [5.74, 6) is 1.91. The van der Waals surface area contributed by atoms with E-state index in [4.69, 9.17) is 10.7 Å². The van der Waals surface area contributed by atoms with E-state index in [1.165, 1.54) is 55.4 Å². The number of aromatic nitrogens is 2. The SMILES string of the molecule is Cn1c(C2CCCCCC2)nc2ccc(CN)cc21. The predicted octanol–water partition coefficient (Wildman–Crippen LogP) is 3.47. The molecule has 102 valence electrons. The molecule has 3 heteroatoms. The second-order valence-corrected chi connectivity index (χ2v) is 5.74. The number of aryl methyl sites for hydroxylation is 1. The Balaban J connectivity index is 2.01. The number of hydrogen-bond donors (Lipinski definition) is 1. The minimum atomic E-state index is 0.597. The number of imidazole rings is 1. The van der Waals surface area contributed by atoms with Crippen LogP contribution < -0.4 is 5.73 Å². The van der Waals surface area contributed by atoms with Crippen molar-refractivity contribution in [3.8, 4) is 0 Å². The lowest BCUT2D eigenvalue weighted by Gasteiger charge is -2.13. The van der Waals surface area contributed by atoms with Crippen molar-refractivity contribution in [1.82, 2.24) is 9.55 Å². The summed E-state index contributed by atoms with van der Waals surface area (Å²) in [6, 6.07) is 6.38. The zero-order valence-corrected chi connectivity index (χ0v) is 11.7. The van der Waals surface area contributed by atoms with E-state index in [9.17, 15) is 0 Å². The molecule has 1 saturated carbocycles. The van der Waals surface area contributed by atoms with E-state index in [1.807, 2.05) is 0 Å². The first kappa shape index (κ1) is 12.7. The van der Waals surface area contributed by atoms with Crippen LogP contribution in [0.15, 0.2) is 18.2 Å². The number of rotatable bonds is 2. The lowest BCUT2D eigenvalue weighted by Crippen LogP contribution is -2.05. The second-order valence-electron chi connectivity index (χ2n) is 5.74. The summed E-state index contributed by atoms with van der Waals surface area (Å²) in [5, 5.41) is 0. The molecule has 0 amide bonds. The van der Waals surface area contributed by atoms with Gasteiger partial charge >= 0.3 is 0 Å². The van der Waals surface area contributed by atoms with Crippen molar-refractivity contribution < 1.29 is 0 Å². The van der Waals surface area contributed by atoms with Crippen LogP contribution in [0.25, 0.3) is 11.0 Å². The van der Waals surface area contributed by atoms with Gasteiger partial charge in [-0.15, -0.1) is 0 Å². The van der Waals surface area contributed by atoms with Gasteiger partial charge in [0.2, 0.25) is 0 Å². The van der Waals surface area contributed by atoms with E-state index in [-0.39, 0.29) is 0 Å². The quantitative estimate of drug-likeness (QED) is 0.837. The Bertz CT molecular complexity index is 563. The normalized spacial score (nSPS) is 17.8. The van der Waals surface area contributed by atoms with Gasteiger partial charge in [0.05, 0.1) is 11.0 Å². The van der Waals surface area contributed by atoms with Crippen LogP contribution in [0.3, 0.4) is 0 Å². The monoisotopic (exact) mass is 257 g/mol. The van der Waals surface area contributed by atoms with Crippen molar-refractivity contribution in [3.63, 3.8) is 0 Å². The molecule has 1 aromatic carbocycles. The van der Waals surface area contributed by atoms with Crippen LogP contribution in [0, 0.1) is 0 Å². The average Bonchev–Trinajstić information content (AvgIpc) is 2.64. The smallest absolute Gasteiger partial charge is 0.112 e. The first-order valence-corrected chi connectivity index (χ1v) is 7.45. The molecule has 1 aromatic heterocycles. The average molecular weight is 257 g/mol. The zero-order chi connectivity index (χ0) is 13.2. The molecule has 0 unspecified atom stereocenters. The summed E-state index contributed by atoms with van der Waals surface area (Å²) >= 11 is 0. The van der Waals surface area contributed by atoms with E-state index >= 15 is 0 Å². The van der Waals surface area contributed by atoms with Crippen LogP contribution in [-0.4, -0.2) is 9.55 Å². The van der Waals surface area contributed by atoms with Crippen molar-refractivity contribution >= 4 is 11.0 Å². The molecule has 1 heterocycles. The highest BCUT2D eigenvalue weighted by atomic mass is 15.1. The number of nitrogens with two attached hydrogens (primary N) is 1. The molecule has 0 atom stereocenters. The van der Waals surface area contributed by atoms with E-state index in [2.05, 4.69) is 29.8 Å². The molecule has 0 radical (unpaired) electrons. The predicted molar refractivity (Wildman–Crippen MR) is 79.0 cm³/mol. The number of nitrogens with zero attached hydrogens (tertiary/aromatic N) is 2. The Morgan fingerprint density at radius 2 is 1.95 bits per heavy atom. The van der Waals surface area contributed by atoms with Crippen molar-refractivity contribution in [2.24, 2.45) is 12.8 Å². The molecular weight excluding hydrogens is 234 g/mol. The highest BCUT2D eigenvalue weighted by Gasteiger charge is 2.20. The fraction of sp³-hybridized carbons (Fsp3) is 0.562. The van der Waals surface area contributed by atoms with Gasteiger partial charge in [-0.3, -0.25) is 0 Å². The molecule has 3 nitrogen and oxygen atoms in total. The largest absolute Gasteiger partial charge is 0.331 e. The van der Waals surface area contributed by atoms with Gasteiger partial charge in [0.25, 0.3) is 0 Å². The highest BCUT2D eigenvalue weighted by Crippen LogP contribution is 2.32. The van der Waals surface area contributed by atoms with Gasteiger partial charge in [-0.25, -0.2) is 4.98 Å². The summed E-state index contributed by atoms with van der Waals surface area (Å²) in [7, 11) is 2.15. The number of hydrogen-bond acceptors (Lipinski definition) is 2. The fourth-order valence-electron chi connectivity index (χ4n) is 3.28. The fourth-order valence-corrected chi connectivity index (χ4v) is 3.28.